The summed E-state index contributed by atoms with van der Waals surface area (Å²) in [6.07, 6.45) is 9.07. The second kappa shape index (κ2) is 11.9. The molecule has 3 heterocycles. The molecule has 2 aromatic heterocycles. The van der Waals surface area contributed by atoms with Crippen molar-refractivity contribution in [3.05, 3.63) is 89.4 Å². The minimum Gasteiger partial charge on any atom is -0.472 e. The molecule has 3 atom stereocenters. The molecule has 0 radical (unpaired) electrons. The first kappa shape index (κ1) is 25.5. The largest absolute Gasteiger partial charge is 0.472 e. The molecule has 0 saturated carbocycles. The zero-order valence-electron chi connectivity index (χ0n) is 21.1. The molecular formula is C29H34N4O3. The third-order valence-corrected chi connectivity index (χ3v) is 6.50. The molecule has 0 unspecified atom stereocenters. The van der Waals surface area contributed by atoms with Crippen LogP contribution in [0.5, 0.6) is 5.88 Å². The van der Waals surface area contributed by atoms with Crippen molar-refractivity contribution >= 4 is 18.1 Å². The Balaban J connectivity index is 1.61. The van der Waals surface area contributed by atoms with Crippen molar-refractivity contribution < 1.29 is 14.6 Å². The molecule has 188 valence electrons. The van der Waals surface area contributed by atoms with Gasteiger partial charge in [0.1, 0.15) is 11.7 Å². The normalized spacial score (nSPS) is 19.0. The molecule has 7 nitrogen and oxygen atoms in total. The lowest BCUT2D eigenvalue weighted by molar-refractivity contribution is 0.0325. The van der Waals surface area contributed by atoms with E-state index in [-0.39, 0.29) is 30.6 Å². The fourth-order valence-electron chi connectivity index (χ4n) is 4.36. The summed E-state index contributed by atoms with van der Waals surface area (Å²) in [5.41, 5.74) is 3.46. The van der Waals surface area contributed by atoms with Crippen molar-refractivity contribution in [2.75, 3.05) is 26.7 Å². The fourth-order valence-corrected chi connectivity index (χ4v) is 4.36. The van der Waals surface area contributed by atoms with Gasteiger partial charge >= 0.3 is 0 Å². The molecule has 0 saturated heterocycles. The van der Waals surface area contributed by atoms with E-state index in [0.717, 1.165) is 17.7 Å². The first-order valence-electron chi connectivity index (χ1n) is 12.3. The highest BCUT2D eigenvalue weighted by molar-refractivity contribution is 5.97. The Morgan fingerprint density at radius 2 is 1.89 bits per heavy atom. The second-order valence-electron chi connectivity index (χ2n) is 9.54. The lowest BCUT2D eigenvalue weighted by atomic mass is 9.99. The Kier molecular flexibility index (Phi) is 8.46. The highest BCUT2D eigenvalue weighted by Gasteiger charge is 2.34. The minimum absolute atomic E-state index is 0.0374. The molecule has 1 aliphatic rings. The standard InChI is InChI=1S/C29H34N4O3/c1-21-17-33(22(2)20-34)29(35)26-15-25(10-9-23-7-5-4-6-8-23)16-31-28(26)36-27(21)19-32(3)18-24-11-13-30-14-12-24/h4-16,21-22,27,34H,17-20H2,1-3H3/b10-9+/t21-,22-,27-/m0/s1. The quantitative estimate of drug-likeness (QED) is 0.519. The third-order valence-electron chi connectivity index (χ3n) is 6.50. The Hall–Kier alpha value is -3.55. The Labute approximate surface area is 213 Å². The average Bonchev–Trinajstić information content (AvgIpc) is 2.90. The topological polar surface area (TPSA) is 78.8 Å². The van der Waals surface area contributed by atoms with Crippen LogP contribution in [0.3, 0.4) is 0 Å². The number of aliphatic hydroxyl groups excluding tert-OH is 1. The van der Waals surface area contributed by atoms with Gasteiger partial charge in [-0.25, -0.2) is 4.98 Å². The molecule has 3 aromatic rings. The second-order valence-corrected chi connectivity index (χ2v) is 9.54. The van der Waals surface area contributed by atoms with E-state index < -0.39 is 0 Å². The number of carbonyl (C=O) groups is 1. The Bertz CT molecular complexity index is 1170. The van der Waals surface area contributed by atoms with Crippen molar-refractivity contribution in [2.45, 2.75) is 32.5 Å². The van der Waals surface area contributed by atoms with Gasteiger partial charge in [-0.15, -0.1) is 0 Å². The van der Waals surface area contributed by atoms with Crippen LogP contribution in [0, 0.1) is 5.92 Å². The van der Waals surface area contributed by atoms with E-state index in [1.807, 2.05) is 67.6 Å². The van der Waals surface area contributed by atoms with Crippen LogP contribution < -0.4 is 4.74 Å². The number of aromatic nitrogens is 2. The van der Waals surface area contributed by atoms with E-state index in [0.29, 0.717) is 24.5 Å². The maximum absolute atomic E-state index is 13.6. The van der Waals surface area contributed by atoms with E-state index >= 15 is 0 Å². The number of likely N-dealkylation sites (N-methyl/N-ethyl adjacent to an activating group) is 1. The lowest BCUT2D eigenvalue weighted by Crippen LogP contribution is -2.49. The maximum Gasteiger partial charge on any atom is 0.259 e. The number of carbonyl (C=O) groups excluding carboxylic acids is 1. The molecule has 1 aromatic carbocycles. The lowest BCUT2D eigenvalue weighted by Gasteiger charge is -2.37. The number of hydrogen-bond acceptors (Lipinski definition) is 6. The van der Waals surface area contributed by atoms with Crippen LogP contribution in [0.2, 0.25) is 0 Å². The van der Waals surface area contributed by atoms with Gasteiger partial charge in [-0.3, -0.25) is 14.7 Å². The molecule has 0 bridgehead atoms. The molecule has 1 aliphatic heterocycles. The number of rotatable bonds is 8. The summed E-state index contributed by atoms with van der Waals surface area (Å²) in [5, 5.41) is 9.88. The molecule has 7 heteroatoms. The van der Waals surface area contributed by atoms with Gasteiger partial charge in [0.25, 0.3) is 5.91 Å². The van der Waals surface area contributed by atoms with Crippen molar-refractivity contribution in [3.8, 4) is 5.88 Å². The van der Waals surface area contributed by atoms with Gasteiger partial charge in [-0.1, -0.05) is 49.4 Å². The average molecular weight is 487 g/mol. The predicted molar refractivity (Wildman–Crippen MR) is 141 cm³/mol. The smallest absolute Gasteiger partial charge is 0.259 e. The third kappa shape index (κ3) is 6.36. The van der Waals surface area contributed by atoms with Crippen LogP contribution in [0.1, 0.15) is 40.9 Å². The summed E-state index contributed by atoms with van der Waals surface area (Å²) in [4.78, 5) is 26.2. The van der Waals surface area contributed by atoms with Gasteiger partial charge < -0.3 is 14.7 Å². The zero-order chi connectivity index (χ0) is 25.5. The van der Waals surface area contributed by atoms with Gasteiger partial charge in [-0.2, -0.15) is 0 Å². The molecule has 4 rings (SSSR count). The van der Waals surface area contributed by atoms with E-state index in [9.17, 15) is 9.90 Å². The van der Waals surface area contributed by atoms with Crippen LogP contribution in [-0.4, -0.2) is 69.7 Å². The van der Waals surface area contributed by atoms with E-state index in [4.69, 9.17) is 4.74 Å². The van der Waals surface area contributed by atoms with Crippen LogP contribution in [0.15, 0.2) is 67.1 Å². The number of nitrogens with zero attached hydrogens (tertiary/aromatic N) is 4. The summed E-state index contributed by atoms with van der Waals surface area (Å²) in [5.74, 6) is 0.195. The number of pyridine rings is 2. The fraction of sp³-hybridized carbons (Fsp3) is 0.345. The highest BCUT2D eigenvalue weighted by Crippen LogP contribution is 2.28. The molecule has 1 N–H and O–H groups in total. The predicted octanol–water partition coefficient (Wildman–Crippen LogP) is 4.00. The first-order valence-corrected chi connectivity index (χ1v) is 12.3. The molecule has 36 heavy (non-hydrogen) atoms. The van der Waals surface area contributed by atoms with Gasteiger partial charge in [0.05, 0.1) is 12.6 Å². The van der Waals surface area contributed by atoms with Crippen molar-refractivity contribution in [1.29, 1.82) is 0 Å². The van der Waals surface area contributed by atoms with Crippen LogP contribution in [-0.2, 0) is 6.54 Å². The molecule has 1 amide bonds. The summed E-state index contributed by atoms with van der Waals surface area (Å²) in [6.45, 7) is 5.74. The number of aliphatic hydroxyl groups is 1. The maximum atomic E-state index is 13.6. The summed E-state index contributed by atoms with van der Waals surface area (Å²) < 4.78 is 6.41. The van der Waals surface area contributed by atoms with Crippen molar-refractivity contribution in [3.63, 3.8) is 0 Å². The Morgan fingerprint density at radius 3 is 2.61 bits per heavy atom. The molecular weight excluding hydrogens is 452 g/mol. The van der Waals surface area contributed by atoms with Gasteiger partial charge in [-0.05, 0) is 48.9 Å². The highest BCUT2D eigenvalue weighted by atomic mass is 16.5. The first-order chi connectivity index (χ1) is 17.4. The van der Waals surface area contributed by atoms with Crippen LogP contribution in [0.4, 0.5) is 0 Å². The number of fused-ring (bicyclic) bond motifs is 1. The van der Waals surface area contributed by atoms with Crippen LogP contribution in [0.25, 0.3) is 12.2 Å². The van der Waals surface area contributed by atoms with Crippen LogP contribution >= 0.6 is 0 Å². The molecule has 0 aliphatic carbocycles. The summed E-state index contributed by atoms with van der Waals surface area (Å²) in [7, 11) is 2.06. The summed E-state index contributed by atoms with van der Waals surface area (Å²) >= 11 is 0. The van der Waals surface area contributed by atoms with Gasteiger partial charge in [0.2, 0.25) is 5.88 Å². The SMILES string of the molecule is C[C@H]1CN([C@@H](C)CO)C(=O)c2cc(/C=C/c3ccccc3)cnc2O[C@H]1CN(C)Cc1ccncc1. The molecule has 0 spiro atoms. The number of amides is 1. The summed E-state index contributed by atoms with van der Waals surface area (Å²) in [6, 6.07) is 15.5. The van der Waals surface area contributed by atoms with Gasteiger partial charge in [0, 0.05) is 44.1 Å². The van der Waals surface area contributed by atoms with Crippen molar-refractivity contribution in [1.82, 2.24) is 19.8 Å². The number of ether oxygens (including phenoxy) is 1. The van der Waals surface area contributed by atoms with E-state index in [2.05, 4.69) is 28.8 Å². The van der Waals surface area contributed by atoms with Gasteiger partial charge in [0.15, 0.2) is 0 Å². The number of benzene rings is 1. The minimum atomic E-state index is -0.315. The monoisotopic (exact) mass is 486 g/mol. The van der Waals surface area contributed by atoms with E-state index in [1.54, 1.807) is 23.5 Å². The Morgan fingerprint density at radius 1 is 1.17 bits per heavy atom. The molecule has 0 fully saturated rings. The van der Waals surface area contributed by atoms with Crippen molar-refractivity contribution in [2.24, 2.45) is 5.92 Å². The number of hydrogen-bond donors (Lipinski definition) is 1. The zero-order valence-corrected chi connectivity index (χ0v) is 21.1. The van der Waals surface area contributed by atoms with E-state index in [1.165, 1.54) is 5.56 Å².